The average Bonchev–Trinajstić information content (AvgIpc) is 3.36. The monoisotopic (exact) mass is 421 g/mol. The number of likely N-dealkylation sites (tertiary alicyclic amines) is 1. The molecule has 7 nitrogen and oxygen atoms in total. The van der Waals surface area contributed by atoms with Gasteiger partial charge >= 0.3 is 6.18 Å². The zero-order valence-electron chi connectivity index (χ0n) is 16.7. The molecule has 1 amide bonds. The SMILES string of the molecule is CC(C)c1cc(C(F)(F)F)c2c([C@@H]3CCCN(C(=O)Cn4cccn4)C3)noc2n1. The van der Waals surface area contributed by atoms with Gasteiger partial charge in [-0.1, -0.05) is 19.0 Å². The second kappa shape index (κ2) is 7.73. The molecule has 30 heavy (non-hydrogen) atoms. The number of piperidine rings is 1. The van der Waals surface area contributed by atoms with E-state index in [2.05, 4.69) is 15.2 Å². The number of hydrogen-bond donors (Lipinski definition) is 0. The number of rotatable bonds is 4. The van der Waals surface area contributed by atoms with Crippen LogP contribution in [0.15, 0.2) is 29.0 Å². The first kappa shape index (κ1) is 20.4. The van der Waals surface area contributed by atoms with E-state index in [-0.39, 0.29) is 47.6 Å². The van der Waals surface area contributed by atoms with Crippen molar-refractivity contribution < 1.29 is 22.5 Å². The fraction of sp³-hybridized carbons (Fsp3) is 0.500. The number of hydrogen-bond acceptors (Lipinski definition) is 5. The predicted molar refractivity (Wildman–Crippen MR) is 102 cm³/mol. The second-order valence-corrected chi connectivity index (χ2v) is 7.88. The highest BCUT2D eigenvalue weighted by molar-refractivity contribution is 5.82. The highest BCUT2D eigenvalue weighted by Gasteiger charge is 2.38. The van der Waals surface area contributed by atoms with E-state index in [1.807, 2.05) is 0 Å². The summed E-state index contributed by atoms with van der Waals surface area (Å²) >= 11 is 0. The van der Waals surface area contributed by atoms with Gasteiger partial charge in [-0.15, -0.1) is 0 Å². The van der Waals surface area contributed by atoms with Crippen molar-refractivity contribution in [3.8, 4) is 0 Å². The van der Waals surface area contributed by atoms with E-state index in [0.29, 0.717) is 25.1 Å². The third-order valence-corrected chi connectivity index (χ3v) is 5.41. The fourth-order valence-electron chi connectivity index (χ4n) is 3.85. The maximum absolute atomic E-state index is 13.8. The molecule has 0 radical (unpaired) electrons. The van der Waals surface area contributed by atoms with Gasteiger partial charge in [0.2, 0.25) is 5.91 Å². The first-order chi connectivity index (χ1) is 14.2. The molecule has 0 aromatic carbocycles. The summed E-state index contributed by atoms with van der Waals surface area (Å²) in [5.74, 6) is -0.670. The van der Waals surface area contributed by atoms with E-state index >= 15 is 0 Å². The maximum atomic E-state index is 13.8. The van der Waals surface area contributed by atoms with Crippen molar-refractivity contribution in [1.29, 1.82) is 0 Å². The van der Waals surface area contributed by atoms with Crippen LogP contribution in [-0.2, 0) is 17.5 Å². The third-order valence-electron chi connectivity index (χ3n) is 5.41. The quantitative estimate of drug-likeness (QED) is 0.637. The summed E-state index contributed by atoms with van der Waals surface area (Å²) in [7, 11) is 0. The second-order valence-electron chi connectivity index (χ2n) is 7.88. The van der Waals surface area contributed by atoms with E-state index < -0.39 is 11.7 Å². The van der Waals surface area contributed by atoms with Crippen molar-refractivity contribution in [3.05, 3.63) is 41.5 Å². The molecular formula is C20H22F3N5O2. The number of nitrogens with zero attached hydrogens (tertiary/aromatic N) is 5. The number of alkyl halides is 3. The van der Waals surface area contributed by atoms with E-state index in [1.165, 1.54) is 4.68 Å². The largest absolute Gasteiger partial charge is 0.417 e. The van der Waals surface area contributed by atoms with Crippen LogP contribution in [0.25, 0.3) is 11.1 Å². The highest BCUT2D eigenvalue weighted by Crippen LogP contribution is 2.40. The molecule has 0 aliphatic carbocycles. The van der Waals surface area contributed by atoms with Crippen LogP contribution in [0.5, 0.6) is 0 Å². The molecule has 1 aliphatic rings. The van der Waals surface area contributed by atoms with Crippen LogP contribution in [0.4, 0.5) is 13.2 Å². The van der Waals surface area contributed by atoms with Crippen LogP contribution < -0.4 is 0 Å². The summed E-state index contributed by atoms with van der Waals surface area (Å²) in [6.45, 7) is 4.47. The van der Waals surface area contributed by atoms with Gasteiger partial charge in [0.25, 0.3) is 5.71 Å². The Bertz CT molecular complexity index is 1040. The van der Waals surface area contributed by atoms with Gasteiger partial charge < -0.3 is 9.42 Å². The number of halogens is 3. The molecular weight excluding hydrogens is 399 g/mol. The van der Waals surface area contributed by atoms with Crippen molar-refractivity contribution in [2.24, 2.45) is 0 Å². The lowest BCUT2D eigenvalue weighted by atomic mass is 9.91. The normalized spacial score (nSPS) is 17.8. The van der Waals surface area contributed by atoms with Gasteiger partial charge in [0.1, 0.15) is 6.54 Å². The zero-order chi connectivity index (χ0) is 21.5. The number of carbonyl (C=O) groups is 1. The molecule has 10 heteroatoms. The minimum absolute atomic E-state index is 0.0897. The first-order valence-electron chi connectivity index (χ1n) is 9.86. The molecule has 3 aromatic rings. The molecule has 3 aromatic heterocycles. The number of carbonyl (C=O) groups excluding carboxylic acids is 1. The molecule has 0 saturated carbocycles. The Morgan fingerprint density at radius 1 is 1.37 bits per heavy atom. The summed E-state index contributed by atoms with van der Waals surface area (Å²) in [6.07, 6.45) is 0.0114. The smallest absolute Gasteiger partial charge is 0.340 e. The molecule has 0 N–H and O–H groups in total. The lowest BCUT2D eigenvalue weighted by molar-refractivity contribution is -0.136. The molecule has 1 atom stereocenters. The van der Waals surface area contributed by atoms with Crippen LogP contribution in [0.2, 0.25) is 0 Å². The van der Waals surface area contributed by atoms with Crippen molar-refractivity contribution in [1.82, 2.24) is 24.8 Å². The average molecular weight is 421 g/mol. The van der Waals surface area contributed by atoms with Gasteiger partial charge in [-0.3, -0.25) is 9.48 Å². The first-order valence-corrected chi connectivity index (χ1v) is 9.86. The molecule has 1 fully saturated rings. The Kier molecular flexibility index (Phi) is 5.25. The zero-order valence-corrected chi connectivity index (χ0v) is 16.7. The van der Waals surface area contributed by atoms with Crippen LogP contribution in [-0.4, -0.2) is 43.8 Å². The van der Waals surface area contributed by atoms with Gasteiger partial charge in [0, 0.05) is 37.1 Å². The topological polar surface area (TPSA) is 77.0 Å². The van der Waals surface area contributed by atoms with Gasteiger partial charge in [-0.2, -0.15) is 18.3 Å². The molecule has 160 valence electrons. The number of pyridine rings is 1. The lowest BCUT2D eigenvalue weighted by Gasteiger charge is -2.32. The van der Waals surface area contributed by atoms with Crippen molar-refractivity contribution in [2.75, 3.05) is 13.1 Å². The molecule has 4 rings (SSSR count). The number of fused-ring (bicyclic) bond motifs is 1. The summed E-state index contributed by atoms with van der Waals surface area (Å²) in [5.41, 5.74) is -0.370. The van der Waals surface area contributed by atoms with E-state index in [0.717, 1.165) is 6.07 Å². The van der Waals surface area contributed by atoms with E-state index in [4.69, 9.17) is 4.52 Å². The fourth-order valence-corrected chi connectivity index (χ4v) is 3.85. The van der Waals surface area contributed by atoms with E-state index in [1.54, 1.807) is 37.2 Å². The highest BCUT2D eigenvalue weighted by atomic mass is 19.4. The third kappa shape index (κ3) is 3.90. The van der Waals surface area contributed by atoms with Gasteiger partial charge in [0.15, 0.2) is 0 Å². The van der Waals surface area contributed by atoms with Crippen LogP contribution in [0, 0.1) is 0 Å². The van der Waals surface area contributed by atoms with Crippen molar-refractivity contribution in [2.45, 2.75) is 51.2 Å². The van der Waals surface area contributed by atoms with Crippen LogP contribution >= 0.6 is 0 Å². The maximum Gasteiger partial charge on any atom is 0.417 e. The van der Waals surface area contributed by atoms with Gasteiger partial charge in [-0.25, -0.2) is 4.98 Å². The minimum Gasteiger partial charge on any atom is -0.340 e. The Morgan fingerprint density at radius 2 is 2.17 bits per heavy atom. The molecule has 1 aliphatic heterocycles. The summed E-state index contributed by atoms with van der Waals surface area (Å²) in [5, 5.41) is 7.90. The lowest BCUT2D eigenvalue weighted by Crippen LogP contribution is -2.41. The molecule has 0 bridgehead atoms. The summed E-state index contributed by atoms with van der Waals surface area (Å²) < 4.78 is 48.2. The molecule has 4 heterocycles. The van der Waals surface area contributed by atoms with Gasteiger partial charge in [-0.05, 0) is 30.9 Å². The van der Waals surface area contributed by atoms with Crippen molar-refractivity contribution in [3.63, 3.8) is 0 Å². The standard InChI is InChI=1S/C20H22F3N5O2/c1-12(2)15-9-14(20(21,22)23)17-18(26-30-19(17)25-15)13-5-3-7-27(10-13)16(29)11-28-8-4-6-24-28/h4,6,8-9,12-13H,3,5,7,10-11H2,1-2H3/t13-/m1/s1. The van der Waals surface area contributed by atoms with Crippen LogP contribution in [0.3, 0.4) is 0 Å². The Labute approximate surface area is 170 Å². The predicted octanol–water partition coefficient (Wildman–Crippen LogP) is 3.97. The Morgan fingerprint density at radius 3 is 2.83 bits per heavy atom. The minimum atomic E-state index is -4.56. The molecule has 1 saturated heterocycles. The van der Waals surface area contributed by atoms with Crippen molar-refractivity contribution >= 4 is 17.0 Å². The Hall–Kier alpha value is -2.91. The van der Waals surface area contributed by atoms with Gasteiger partial charge in [0.05, 0.1) is 16.6 Å². The van der Waals surface area contributed by atoms with E-state index in [9.17, 15) is 18.0 Å². The Balaban J connectivity index is 1.66. The molecule has 0 unspecified atom stereocenters. The number of amides is 1. The number of aromatic nitrogens is 4. The molecule has 0 spiro atoms. The summed E-state index contributed by atoms with van der Waals surface area (Å²) in [4.78, 5) is 18.5. The summed E-state index contributed by atoms with van der Waals surface area (Å²) in [6, 6.07) is 2.81. The van der Waals surface area contributed by atoms with Crippen LogP contribution in [0.1, 0.15) is 55.5 Å².